The number of nitrogens with zero attached hydrogens (tertiary/aromatic N) is 1. The number of rotatable bonds is 6. The van der Waals surface area contributed by atoms with Crippen LogP contribution >= 0.6 is 34.8 Å². The molecule has 11 heteroatoms. The molecule has 0 aromatic heterocycles. The Hall–Kier alpha value is -2.81. The fourth-order valence-electron chi connectivity index (χ4n) is 2.71. The largest absolute Gasteiger partial charge is 0.495 e. The van der Waals surface area contributed by atoms with Crippen LogP contribution in [-0.2, 0) is 14.3 Å². The molecule has 0 spiro atoms. The van der Waals surface area contributed by atoms with Crippen LogP contribution in [0.1, 0.15) is 20.7 Å². The summed E-state index contributed by atoms with van der Waals surface area (Å²) in [5, 5.41) is 3.07. The number of carbonyl (C=O) groups is 4. The summed E-state index contributed by atoms with van der Waals surface area (Å²) in [5.74, 6) is -2.67. The molecule has 0 saturated carbocycles. The quantitative estimate of drug-likeness (QED) is 0.511. The maximum absolute atomic E-state index is 12.4. The zero-order valence-electron chi connectivity index (χ0n) is 15.3. The fourth-order valence-corrected chi connectivity index (χ4v) is 3.21. The van der Waals surface area contributed by atoms with E-state index in [1.807, 2.05) is 0 Å². The minimum atomic E-state index is -0.949. The van der Waals surface area contributed by atoms with E-state index in [0.717, 1.165) is 0 Å². The lowest BCUT2D eigenvalue weighted by molar-refractivity contribution is -0.147. The standard InChI is InChI=1S/C19H13Cl3N2O6/c1-29-15-3-2-9(20)4-14(15)23-16(25)8-30-17(26)7-24-18(27)10-5-12(21)13(22)6-11(10)19(24)28/h2-6H,7-8H2,1H3,(H,23,25). The third-order valence-corrected chi connectivity index (χ3v) is 5.06. The Balaban J connectivity index is 1.59. The molecule has 3 amide bonds. The lowest BCUT2D eigenvalue weighted by atomic mass is 10.1. The van der Waals surface area contributed by atoms with E-state index < -0.39 is 36.8 Å². The molecule has 0 radical (unpaired) electrons. The second-order valence-corrected chi connectivity index (χ2v) is 7.31. The van der Waals surface area contributed by atoms with Gasteiger partial charge in [0, 0.05) is 5.02 Å². The zero-order chi connectivity index (χ0) is 22.0. The van der Waals surface area contributed by atoms with Crippen LogP contribution in [-0.4, -0.2) is 48.9 Å². The van der Waals surface area contributed by atoms with Crippen molar-refractivity contribution in [3.05, 3.63) is 56.5 Å². The number of benzene rings is 2. The lowest BCUT2D eigenvalue weighted by Gasteiger charge is -2.13. The first kappa shape index (κ1) is 21.9. The van der Waals surface area contributed by atoms with E-state index in [4.69, 9.17) is 44.3 Å². The number of anilines is 1. The normalized spacial score (nSPS) is 12.6. The minimum Gasteiger partial charge on any atom is -0.495 e. The monoisotopic (exact) mass is 470 g/mol. The minimum absolute atomic E-state index is 0.0352. The summed E-state index contributed by atoms with van der Waals surface area (Å²) >= 11 is 17.6. The van der Waals surface area contributed by atoms with Crippen molar-refractivity contribution in [2.45, 2.75) is 0 Å². The molecule has 1 heterocycles. The van der Waals surface area contributed by atoms with Gasteiger partial charge < -0.3 is 14.8 Å². The van der Waals surface area contributed by atoms with Crippen molar-refractivity contribution in [3.8, 4) is 5.75 Å². The van der Waals surface area contributed by atoms with Gasteiger partial charge in [-0.1, -0.05) is 34.8 Å². The van der Waals surface area contributed by atoms with Crippen LogP contribution < -0.4 is 10.1 Å². The Bertz CT molecular complexity index is 1030. The van der Waals surface area contributed by atoms with Crippen molar-refractivity contribution < 1.29 is 28.7 Å². The summed E-state index contributed by atoms with van der Waals surface area (Å²) < 4.78 is 9.97. The number of carbonyl (C=O) groups excluding carboxylic acids is 4. The SMILES string of the molecule is COc1ccc(Cl)cc1NC(=O)COC(=O)CN1C(=O)c2cc(Cl)c(Cl)cc2C1=O. The first-order valence-corrected chi connectivity index (χ1v) is 9.49. The summed E-state index contributed by atoms with van der Waals surface area (Å²) in [6.45, 7) is -1.31. The van der Waals surface area contributed by atoms with Gasteiger partial charge in [0.05, 0.1) is 34.0 Å². The van der Waals surface area contributed by atoms with Gasteiger partial charge in [-0.2, -0.15) is 0 Å². The van der Waals surface area contributed by atoms with Gasteiger partial charge in [-0.25, -0.2) is 0 Å². The third-order valence-electron chi connectivity index (χ3n) is 4.10. The van der Waals surface area contributed by atoms with Crippen LogP contribution in [0.4, 0.5) is 5.69 Å². The summed E-state index contributed by atoms with van der Waals surface area (Å²) in [5.41, 5.74) is 0.362. The fraction of sp³-hybridized carbons (Fsp3) is 0.158. The summed E-state index contributed by atoms with van der Waals surface area (Å²) in [6, 6.07) is 7.13. The van der Waals surface area contributed by atoms with Crippen molar-refractivity contribution in [2.24, 2.45) is 0 Å². The molecular formula is C19H13Cl3N2O6. The van der Waals surface area contributed by atoms with E-state index in [0.29, 0.717) is 21.4 Å². The first-order chi connectivity index (χ1) is 14.2. The molecule has 0 fully saturated rings. The number of methoxy groups -OCH3 is 1. The van der Waals surface area contributed by atoms with Crippen molar-refractivity contribution in [2.75, 3.05) is 25.6 Å². The van der Waals surface area contributed by atoms with Gasteiger partial charge in [0.25, 0.3) is 17.7 Å². The number of imide groups is 1. The van der Waals surface area contributed by atoms with Gasteiger partial charge in [-0.15, -0.1) is 0 Å². The highest BCUT2D eigenvalue weighted by atomic mass is 35.5. The van der Waals surface area contributed by atoms with Crippen molar-refractivity contribution >= 4 is 64.2 Å². The van der Waals surface area contributed by atoms with Crippen LogP contribution in [0.25, 0.3) is 0 Å². The Kier molecular flexibility index (Phi) is 6.50. The summed E-state index contributed by atoms with van der Waals surface area (Å²) in [4.78, 5) is 49.6. The number of ether oxygens (including phenoxy) is 2. The Morgan fingerprint density at radius 3 is 2.17 bits per heavy atom. The average Bonchev–Trinajstić information content (AvgIpc) is 2.91. The molecule has 1 aliphatic heterocycles. The first-order valence-electron chi connectivity index (χ1n) is 8.35. The maximum atomic E-state index is 12.4. The molecule has 0 bridgehead atoms. The number of fused-ring (bicyclic) bond motifs is 1. The second-order valence-electron chi connectivity index (χ2n) is 6.06. The predicted octanol–water partition coefficient (Wildman–Crippen LogP) is 3.43. The Morgan fingerprint density at radius 1 is 1.00 bits per heavy atom. The predicted molar refractivity (Wildman–Crippen MR) is 109 cm³/mol. The van der Waals surface area contributed by atoms with Crippen LogP contribution in [0.2, 0.25) is 15.1 Å². The van der Waals surface area contributed by atoms with Crippen molar-refractivity contribution in [3.63, 3.8) is 0 Å². The highest BCUT2D eigenvalue weighted by Crippen LogP contribution is 2.31. The Labute approximate surface area is 185 Å². The van der Waals surface area contributed by atoms with Gasteiger partial charge in [0.2, 0.25) is 0 Å². The van der Waals surface area contributed by atoms with E-state index in [1.165, 1.54) is 25.3 Å². The van der Waals surface area contributed by atoms with Crippen LogP contribution in [0, 0.1) is 0 Å². The molecule has 156 valence electrons. The van der Waals surface area contributed by atoms with E-state index in [-0.39, 0.29) is 21.2 Å². The van der Waals surface area contributed by atoms with Crippen LogP contribution in [0.3, 0.4) is 0 Å². The van der Waals surface area contributed by atoms with Crippen molar-refractivity contribution in [1.29, 1.82) is 0 Å². The number of esters is 1. The number of amides is 3. The number of hydrogen-bond donors (Lipinski definition) is 1. The number of hydrogen-bond acceptors (Lipinski definition) is 6. The highest BCUT2D eigenvalue weighted by Gasteiger charge is 2.37. The van der Waals surface area contributed by atoms with E-state index in [9.17, 15) is 19.2 Å². The topological polar surface area (TPSA) is 102 Å². The van der Waals surface area contributed by atoms with Gasteiger partial charge in [-0.05, 0) is 30.3 Å². The number of nitrogens with one attached hydrogen (secondary N) is 1. The molecule has 0 saturated heterocycles. The summed E-state index contributed by atoms with van der Waals surface area (Å²) in [6.07, 6.45) is 0. The maximum Gasteiger partial charge on any atom is 0.326 e. The molecule has 8 nitrogen and oxygen atoms in total. The molecule has 2 aromatic rings. The molecule has 0 atom stereocenters. The average molecular weight is 472 g/mol. The van der Waals surface area contributed by atoms with Gasteiger partial charge >= 0.3 is 5.97 Å². The molecule has 30 heavy (non-hydrogen) atoms. The third kappa shape index (κ3) is 4.51. The highest BCUT2D eigenvalue weighted by molar-refractivity contribution is 6.43. The van der Waals surface area contributed by atoms with E-state index in [2.05, 4.69) is 5.32 Å². The molecule has 3 rings (SSSR count). The van der Waals surface area contributed by atoms with Gasteiger partial charge in [0.15, 0.2) is 6.61 Å². The molecule has 2 aromatic carbocycles. The molecule has 0 unspecified atom stereocenters. The lowest BCUT2D eigenvalue weighted by Crippen LogP contribution is -2.36. The molecule has 1 aliphatic rings. The zero-order valence-corrected chi connectivity index (χ0v) is 17.6. The van der Waals surface area contributed by atoms with E-state index in [1.54, 1.807) is 12.1 Å². The van der Waals surface area contributed by atoms with Crippen molar-refractivity contribution in [1.82, 2.24) is 4.90 Å². The van der Waals surface area contributed by atoms with Crippen LogP contribution in [0.15, 0.2) is 30.3 Å². The van der Waals surface area contributed by atoms with Gasteiger partial charge in [0.1, 0.15) is 12.3 Å². The second kappa shape index (κ2) is 8.91. The van der Waals surface area contributed by atoms with Crippen LogP contribution in [0.5, 0.6) is 5.75 Å². The molecule has 0 aliphatic carbocycles. The summed E-state index contributed by atoms with van der Waals surface area (Å²) in [7, 11) is 1.42. The molecule has 1 N–H and O–H groups in total. The van der Waals surface area contributed by atoms with E-state index >= 15 is 0 Å². The Morgan fingerprint density at radius 2 is 1.60 bits per heavy atom. The van der Waals surface area contributed by atoms with Gasteiger partial charge in [-0.3, -0.25) is 24.1 Å². The smallest absolute Gasteiger partial charge is 0.326 e. The molecular weight excluding hydrogens is 459 g/mol. The number of halogens is 3.